The van der Waals surface area contributed by atoms with Gasteiger partial charge in [-0.3, -0.25) is 4.79 Å². The zero-order valence-corrected chi connectivity index (χ0v) is 14.6. The second kappa shape index (κ2) is 6.09. The van der Waals surface area contributed by atoms with Crippen LogP contribution in [0.2, 0.25) is 0 Å². The number of carbonyl (C=O) groups is 1. The van der Waals surface area contributed by atoms with Gasteiger partial charge in [-0.25, -0.2) is 4.39 Å². The standard InChI is InChI=1S/C23H17FN2O/c24-16-10-11-20-18(12-16)19-13-22(27)26(14-15-6-2-1-3-7-15)21-9-5-4-8-17(21)23(19)25-20/h1-12,25H,13-14H2. The molecule has 4 aromatic rings. The predicted molar refractivity (Wildman–Crippen MR) is 105 cm³/mol. The number of carbonyl (C=O) groups excluding carboxylic acids is 1. The van der Waals surface area contributed by atoms with Gasteiger partial charge in [0.2, 0.25) is 5.91 Å². The Labute approximate surface area is 156 Å². The van der Waals surface area contributed by atoms with Gasteiger partial charge in [0.15, 0.2) is 0 Å². The van der Waals surface area contributed by atoms with E-state index in [1.807, 2.05) is 59.5 Å². The van der Waals surface area contributed by atoms with E-state index in [1.165, 1.54) is 12.1 Å². The smallest absolute Gasteiger partial charge is 0.231 e. The molecule has 3 nitrogen and oxygen atoms in total. The van der Waals surface area contributed by atoms with Gasteiger partial charge >= 0.3 is 0 Å². The van der Waals surface area contributed by atoms with Gasteiger partial charge in [-0.1, -0.05) is 48.5 Å². The Morgan fingerprint density at radius 2 is 1.74 bits per heavy atom. The van der Waals surface area contributed by atoms with Crippen molar-refractivity contribution in [2.45, 2.75) is 13.0 Å². The summed E-state index contributed by atoms with van der Waals surface area (Å²) in [6, 6.07) is 22.5. The van der Waals surface area contributed by atoms with Gasteiger partial charge in [0.25, 0.3) is 0 Å². The summed E-state index contributed by atoms with van der Waals surface area (Å²) in [5, 5.41) is 0.773. The predicted octanol–water partition coefficient (Wildman–Crippen LogP) is 5.06. The number of halogens is 1. The van der Waals surface area contributed by atoms with Gasteiger partial charge in [-0.05, 0) is 35.4 Å². The molecule has 0 saturated carbocycles. The lowest BCUT2D eigenvalue weighted by molar-refractivity contribution is -0.118. The van der Waals surface area contributed by atoms with Crippen LogP contribution in [0.5, 0.6) is 0 Å². The Balaban J connectivity index is 1.70. The molecule has 0 aliphatic carbocycles. The Morgan fingerprint density at radius 3 is 2.59 bits per heavy atom. The number of nitrogens with zero attached hydrogens (tertiary/aromatic N) is 1. The molecule has 0 spiro atoms. The maximum atomic E-state index is 13.8. The van der Waals surface area contributed by atoms with Crippen molar-refractivity contribution < 1.29 is 9.18 Å². The van der Waals surface area contributed by atoms with Crippen LogP contribution in [0.1, 0.15) is 11.1 Å². The molecular weight excluding hydrogens is 339 g/mol. The molecule has 0 fully saturated rings. The fraction of sp³-hybridized carbons (Fsp3) is 0.0870. The molecular formula is C23H17FN2O. The first-order valence-corrected chi connectivity index (χ1v) is 8.94. The molecule has 0 radical (unpaired) electrons. The molecule has 2 heterocycles. The third-order valence-electron chi connectivity index (χ3n) is 5.14. The Kier molecular flexibility index (Phi) is 3.57. The maximum Gasteiger partial charge on any atom is 0.231 e. The molecule has 1 amide bonds. The van der Waals surface area contributed by atoms with Crippen molar-refractivity contribution in [1.29, 1.82) is 0 Å². The van der Waals surface area contributed by atoms with Crippen molar-refractivity contribution in [2.24, 2.45) is 0 Å². The van der Waals surface area contributed by atoms with E-state index in [0.29, 0.717) is 6.54 Å². The van der Waals surface area contributed by atoms with E-state index in [0.717, 1.165) is 39.0 Å². The molecule has 0 saturated heterocycles. The summed E-state index contributed by atoms with van der Waals surface area (Å²) in [5.41, 5.74) is 5.51. The van der Waals surface area contributed by atoms with Gasteiger partial charge in [0.1, 0.15) is 5.82 Å². The van der Waals surface area contributed by atoms with Crippen LogP contribution >= 0.6 is 0 Å². The zero-order chi connectivity index (χ0) is 18.4. The fourth-order valence-electron chi connectivity index (χ4n) is 3.87. The summed E-state index contributed by atoms with van der Waals surface area (Å²) in [7, 11) is 0. The number of aromatic nitrogens is 1. The summed E-state index contributed by atoms with van der Waals surface area (Å²) in [4.78, 5) is 18.4. The summed E-state index contributed by atoms with van der Waals surface area (Å²) in [6.07, 6.45) is 0.236. The number of rotatable bonds is 2. The van der Waals surface area contributed by atoms with E-state index < -0.39 is 0 Å². The number of para-hydroxylation sites is 1. The third-order valence-corrected chi connectivity index (χ3v) is 5.14. The van der Waals surface area contributed by atoms with Gasteiger partial charge in [0, 0.05) is 16.5 Å². The minimum absolute atomic E-state index is 0.00946. The van der Waals surface area contributed by atoms with E-state index in [-0.39, 0.29) is 18.1 Å². The number of amides is 1. The highest BCUT2D eigenvalue weighted by Crippen LogP contribution is 2.40. The molecule has 3 aromatic carbocycles. The first-order valence-electron chi connectivity index (χ1n) is 8.94. The van der Waals surface area contributed by atoms with Crippen LogP contribution in [-0.2, 0) is 17.8 Å². The summed E-state index contributed by atoms with van der Waals surface area (Å²) in [6.45, 7) is 0.507. The van der Waals surface area contributed by atoms with Crippen LogP contribution in [0.4, 0.5) is 10.1 Å². The minimum atomic E-state index is -0.296. The lowest BCUT2D eigenvalue weighted by atomic mass is 10.0. The van der Waals surface area contributed by atoms with E-state index in [1.54, 1.807) is 6.07 Å². The average Bonchev–Trinajstić information content (AvgIpc) is 2.99. The lowest BCUT2D eigenvalue weighted by Gasteiger charge is -2.23. The quantitative estimate of drug-likeness (QED) is 0.535. The second-order valence-electron chi connectivity index (χ2n) is 6.83. The lowest BCUT2D eigenvalue weighted by Crippen LogP contribution is -2.31. The van der Waals surface area contributed by atoms with Crippen molar-refractivity contribution in [1.82, 2.24) is 4.98 Å². The number of hydrogen-bond donors (Lipinski definition) is 1. The van der Waals surface area contributed by atoms with E-state index in [2.05, 4.69) is 4.98 Å². The summed E-state index contributed by atoms with van der Waals surface area (Å²) < 4.78 is 13.8. The van der Waals surface area contributed by atoms with Crippen molar-refractivity contribution in [2.75, 3.05) is 4.90 Å². The van der Waals surface area contributed by atoms with Crippen LogP contribution in [-0.4, -0.2) is 10.9 Å². The minimum Gasteiger partial charge on any atom is -0.354 e. The van der Waals surface area contributed by atoms with Crippen molar-refractivity contribution >= 4 is 22.5 Å². The number of anilines is 1. The first-order chi connectivity index (χ1) is 13.2. The summed E-state index contributed by atoms with van der Waals surface area (Å²) in [5.74, 6) is -0.286. The fourth-order valence-corrected chi connectivity index (χ4v) is 3.87. The van der Waals surface area contributed by atoms with Crippen LogP contribution < -0.4 is 4.90 Å². The monoisotopic (exact) mass is 356 g/mol. The van der Waals surface area contributed by atoms with Gasteiger partial charge in [-0.2, -0.15) is 0 Å². The molecule has 5 rings (SSSR count). The van der Waals surface area contributed by atoms with Crippen LogP contribution in [0.15, 0.2) is 72.8 Å². The Morgan fingerprint density at radius 1 is 0.963 bits per heavy atom. The van der Waals surface area contributed by atoms with Crippen molar-refractivity contribution in [3.63, 3.8) is 0 Å². The number of H-pyrrole nitrogens is 1. The SMILES string of the molecule is O=C1Cc2c([nH]c3ccc(F)cc23)-c2ccccc2N1Cc1ccccc1. The molecule has 0 bridgehead atoms. The summed E-state index contributed by atoms with van der Waals surface area (Å²) >= 11 is 0. The molecule has 4 heteroatoms. The van der Waals surface area contributed by atoms with E-state index in [9.17, 15) is 9.18 Å². The van der Waals surface area contributed by atoms with Crippen LogP contribution in [0.25, 0.3) is 22.2 Å². The normalized spacial score (nSPS) is 13.4. The molecule has 0 unspecified atom stereocenters. The van der Waals surface area contributed by atoms with Crippen molar-refractivity contribution in [3.8, 4) is 11.3 Å². The molecule has 0 atom stereocenters. The third kappa shape index (κ3) is 2.61. The number of nitrogens with one attached hydrogen (secondary N) is 1. The average molecular weight is 356 g/mol. The Bertz CT molecular complexity index is 1160. The number of aromatic amines is 1. The van der Waals surface area contributed by atoms with Gasteiger partial charge in [0.05, 0.1) is 24.3 Å². The zero-order valence-electron chi connectivity index (χ0n) is 14.6. The maximum absolute atomic E-state index is 13.8. The number of benzene rings is 3. The Hall–Kier alpha value is -3.40. The molecule has 1 aliphatic heterocycles. The van der Waals surface area contributed by atoms with Crippen molar-refractivity contribution in [3.05, 3.63) is 89.7 Å². The molecule has 1 aromatic heterocycles. The first kappa shape index (κ1) is 15.8. The molecule has 27 heavy (non-hydrogen) atoms. The van der Waals surface area contributed by atoms with E-state index in [4.69, 9.17) is 0 Å². The highest BCUT2D eigenvalue weighted by Gasteiger charge is 2.28. The highest BCUT2D eigenvalue weighted by molar-refractivity contribution is 6.06. The molecule has 1 aliphatic rings. The number of fused-ring (bicyclic) bond motifs is 5. The van der Waals surface area contributed by atoms with Gasteiger partial charge in [-0.15, -0.1) is 0 Å². The topological polar surface area (TPSA) is 36.1 Å². The van der Waals surface area contributed by atoms with E-state index >= 15 is 0 Å². The largest absolute Gasteiger partial charge is 0.354 e. The molecule has 132 valence electrons. The van der Waals surface area contributed by atoms with Gasteiger partial charge < -0.3 is 9.88 Å². The second-order valence-corrected chi connectivity index (χ2v) is 6.83. The van der Waals surface area contributed by atoms with Crippen LogP contribution in [0, 0.1) is 5.82 Å². The molecule has 1 N–H and O–H groups in total. The highest BCUT2D eigenvalue weighted by atomic mass is 19.1. The number of hydrogen-bond acceptors (Lipinski definition) is 1. The van der Waals surface area contributed by atoms with Crippen LogP contribution in [0.3, 0.4) is 0 Å².